The SMILES string of the molecule is CC(C)CN1CN(C)N=C1[S-]. The van der Waals surface area contributed by atoms with Crippen molar-refractivity contribution in [3.63, 3.8) is 0 Å². The summed E-state index contributed by atoms with van der Waals surface area (Å²) >= 11 is 5.05. The van der Waals surface area contributed by atoms with Crippen LogP contribution in [0.3, 0.4) is 0 Å². The number of rotatable bonds is 2. The van der Waals surface area contributed by atoms with Gasteiger partial charge in [0.1, 0.15) is 6.67 Å². The van der Waals surface area contributed by atoms with E-state index in [4.69, 9.17) is 12.6 Å². The molecule has 11 heavy (non-hydrogen) atoms. The first-order chi connectivity index (χ1) is 5.09. The van der Waals surface area contributed by atoms with Gasteiger partial charge in [-0.2, -0.15) is 5.10 Å². The molecule has 0 unspecified atom stereocenters. The zero-order chi connectivity index (χ0) is 8.43. The van der Waals surface area contributed by atoms with Crippen LogP contribution in [-0.4, -0.2) is 35.3 Å². The molecular formula is C7H14N3S-. The fourth-order valence-corrected chi connectivity index (χ4v) is 1.40. The molecule has 0 aromatic carbocycles. The van der Waals surface area contributed by atoms with E-state index in [1.54, 1.807) is 0 Å². The van der Waals surface area contributed by atoms with Crippen LogP contribution in [-0.2, 0) is 12.6 Å². The highest BCUT2D eigenvalue weighted by Gasteiger charge is 2.12. The Morgan fingerprint density at radius 2 is 2.27 bits per heavy atom. The van der Waals surface area contributed by atoms with Crippen molar-refractivity contribution in [1.82, 2.24) is 9.91 Å². The molecule has 4 heteroatoms. The minimum Gasteiger partial charge on any atom is -0.741 e. The zero-order valence-electron chi connectivity index (χ0n) is 7.24. The van der Waals surface area contributed by atoms with Crippen LogP contribution in [0.15, 0.2) is 5.10 Å². The molecule has 1 rings (SSSR count). The summed E-state index contributed by atoms with van der Waals surface area (Å²) in [6.07, 6.45) is 0. The summed E-state index contributed by atoms with van der Waals surface area (Å²) in [6.45, 7) is 6.21. The lowest BCUT2D eigenvalue weighted by molar-refractivity contribution is 0.261. The Labute approximate surface area is 73.5 Å². The molecule has 0 radical (unpaired) electrons. The molecule has 3 nitrogen and oxygen atoms in total. The third-order valence-corrected chi connectivity index (χ3v) is 1.83. The Morgan fingerprint density at radius 1 is 1.64 bits per heavy atom. The molecule has 0 aliphatic carbocycles. The van der Waals surface area contributed by atoms with Crippen LogP contribution in [0.1, 0.15) is 13.8 Å². The second-order valence-electron chi connectivity index (χ2n) is 3.30. The molecule has 0 aromatic heterocycles. The van der Waals surface area contributed by atoms with Crippen molar-refractivity contribution in [2.45, 2.75) is 13.8 Å². The normalized spacial score (nSPS) is 18.0. The van der Waals surface area contributed by atoms with Gasteiger partial charge >= 0.3 is 0 Å². The van der Waals surface area contributed by atoms with E-state index < -0.39 is 0 Å². The topological polar surface area (TPSA) is 18.8 Å². The van der Waals surface area contributed by atoms with Crippen LogP contribution in [0.2, 0.25) is 0 Å². The van der Waals surface area contributed by atoms with Crippen LogP contribution in [0.4, 0.5) is 0 Å². The van der Waals surface area contributed by atoms with Gasteiger partial charge < -0.3 is 17.5 Å². The van der Waals surface area contributed by atoms with Gasteiger partial charge in [-0.05, 0) is 5.92 Å². The highest BCUT2D eigenvalue weighted by molar-refractivity contribution is 7.77. The first kappa shape index (κ1) is 8.59. The van der Waals surface area contributed by atoms with Crippen molar-refractivity contribution in [2.24, 2.45) is 11.0 Å². The number of amidine groups is 1. The second kappa shape index (κ2) is 3.26. The van der Waals surface area contributed by atoms with Crippen molar-refractivity contribution in [2.75, 3.05) is 20.3 Å². The molecule has 0 fully saturated rings. The van der Waals surface area contributed by atoms with Crippen molar-refractivity contribution in [1.29, 1.82) is 0 Å². The number of hydrogen-bond donors (Lipinski definition) is 0. The molecule has 0 saturated heterocycles. The van der Waals surface area contributed by atoms with E-state index in [2.05, 4.69) is 23.8 Å². The van der Waals surface area contributed by atoms with Crippen molar-refractivity contribution in [3.05, 3.63) is 0 Å². The molecule has 0 aromatic rings. The Kier molecular flexibility index (Phi) is 2.54. The van der Waals surface area contributed by atoms with Crippen molar-refractivity contribution >= 4 is 17.8 Å². The van der Waals surface area contributed by atoms with E-state index in [-0.39, 0.29) is 0 Å². The molecule has 0 bridgehead atoms. The summed E-state index contributed by atoms with van der Waals surface area (Å²) < 4.78 is 0. The van der Waals surface area contributed by atoms with E-state index in [0.29, 0.717) is 5.92 Å². The number of hydrogen-bond acceptors (Lipinski definition) is 4. The standard InChI is InChI=1S/C7H15N3S/c1-6(2)4-10-5-9(3)8-7(10)11/h6H,4-5H2,1-3H3,(H,8,11)/p-1. The maximum atomic E-state index is 5.05. The fourth-order valence-electron chi connectivity index (χ4n) is 1.13. The van der Waals surface area contributed by atoms with Gasteiger partial charge in [0.25, 0.3) is 0 Å². The molecule has 1 aliphatic rings. The predicted molar refractivity (Wildman–Crippen MR) is 49.0 cm³/mol. The quantitative estimate of drug-likeness (QED) is 0.570. The average Bonchev–Trinajstić information content (AvgIpc) is 2.09. The highest BCUT2D eigenvalue weighted by Crippen LogP contribution is 2.07. The Morgan fingerprint density at radius 3 is 2.64 bits per heavy atom. The first-order valence-electron chi connectivity index (χ1n) is 3.81. The van der Waals surface area contributed by atoms with Gasteiger partial charge in [0.05, 0.1) is 0 Å². The van der Waals surface area contributed by atoms with Gasteiger partial charge in [0.15, 0.2) is 0 Å². The Balaban J connectivity index is 2.44. The smallest absolute Gasteiger partial charge is 0.106 e. The molecule has 0 atom stereocenters. The minimum atomic E-state index is 0.648. The van der Waals surface area contributed by atoms with Crippen molar-refractivity contribution < 1.29 is 0 Å². The lowest BCUT2D eigenvalue weighted by Crippen LogP contribution is -2.32. The Bertz CT molecular complexity index is 167. The molecule has 0 saturated carbocycles. The minimum absolute atomic E-state index is 0.648. The van der Waals surface area contributed by atoms with E-state index in [0.717, 1.165) is 18.4 Å². The molecule has 0 amide bonds. The third kappa shape index (κ3) is 2.22. The number of hydrazone groups is 1. The van der Waals surface area contributed by atoms with Gasteiger partial charge in [-0.1, -0.05) is 13.8 Å². The van der Waals surface area contributed by atoms with E-state index in [9.17, 15) is 0 Å². The summed E-state index contributed by atoms with van der Waals surface area (Å²) in [5, 5.41) is 6.70. The number of nitrogens with zero attached hydrogens (tertiary/aromatic N) is 3. The zero-order valence-corrected chi connectivity index (χ0v) is 8.06. The van der Waals surface area contributed by atoms with E-state index >= 15 is 0 Å². The first-order valence-corrected chi connectivity index (χ1v) is 4.22. The van der Waals surface area contributed by atoms with Gasteiger partial charge in [0.2, 0.25) is 0 Å². The van der Waals surface area contributed by atoms with Gasteiger partial charge in [0, 0.05) is 18.8 Å². The summed E-state index contributed by atoms with van der Waals surface area (Å²) in [7, 11) is 1.94. The maximum Gasteiger partial charge on any atom is 0.106 e. The van der Waals surface area contributed by atoms with Gasteiger partial charge in [-0.3, -0.25) is 5.01 Å². The molecule has 1 aliphatic heterocycles. The van der Waals surface area contributed by atoms with Crippen LogP contribution in [0, 0.1) is 5.92 Å². The highest BCUT2D eigenvalue weighted by atomic mass is 32.1. The van der Waals surface area contributed by atoms with Crippen LogP contribution in [0.25, 0.3) is 0 Å². The summed E-state index contributed by atoms with van der Waals surface area (Å²) in [5.74, 6) is 0.648. The molecule has 64 valence electrons. The predicted octanol–water partition coefficient (Wildman–Crippen LogP) is 0.665. The second-order valence-corrected chi connectivity index (χ2v) is 3.66. The molecule has 0 spiro atoms. The largest absolute Gasteiger partial charge is 0.741 e. The maximum absolute atomic E-state index is 5.05. The van der Waals surface area contributed by atoms with E-state index in [1.807, 2.05) is 12.1 Å². The van der Waals surface area contributed by atoms with Crippen molar-refractivity contribution in [3.8, 4) is 0 Å². The lowest BCUT2D eigenvalue weighted by Gasteiger charge is -2.25. The van der Waals surface area contributed by atoms with Gasteiger partial charge in [-0.15, -0.1) is 0 Å². The lowest BCUT2D eigenvalue weighted by atomic mass is 10.2. The molecule has 0 N–H and O–H groups in total. The van der Waals surface area contributed by atoms with Crippen LogP contribution in [0.5, 0.6) is 0 Å². The van der Waals surface area contributed by atoms with Crippen LogP contribution < -0.4 is 0 Å². The average molecular weight is 172 g/mol. The summed E-state index contributed by atoms with van der Waals surface area (Å²) in [5.41, 5.74) is 0. The van der Waals surface area contributed by atoms with E-state index in [1.165, 1.54) is 0 Å². The third-order valence-electron chi connectivity index (χ3n) is 1.49. The Hall–Kier alpha value is -0.510. The monoisotopic (exact) mass is 172 g/mol. The fraction of sp³-hybridized carbons (Fsp3) is 0.857. The molecular weight excluding hydrogens is 158 g/mol. The summed E-state index contributed by atoms with van der Waals surface area (Å²) in [4.78, 5) is 2.11. The van der Waals surface area contributed by atoms with Crippen LogP contribution >= 0.6 is 0 Å². The molecule has 1 heterocycles. The summed E-state index contributed by atoms with van der Waals surface area (Å²) in [6, 6.07) is 0. The van der Waals surface area contributed by atoms with Gasteiger partial charge in [-0.25, -0.2) is 0 Å².